The topological polar surface area (TPSA) is 84.2 Å². The quantitative estimate of drug-likeness (QED) is 0.495. The fourth-order valence-corrected chi connectivity index (χ4v) is 1.79. The summed E-state index contributed by atoms with van der Waals surface area (Å²) in [5.74, 6) is -0.193. The first-order chi connectivity index (χ1) is 9.01. The molecule has 0 aliphatic rings. The Morgan fingerprint density at radius 2 is 1.89 bits per heavy atom. The number of nitrogens with one attached hydrogen (secondary N) is 2. The number of carbonyl (C=O) groups excluding carboxylic acids is 2. The number of amides is 2. The summed E-state index contributed by atoms with van der Waals surface area (Å²) < 4.78 is 0. The molecule has 19 heavy (non-hydrogen) atoms. The summed E-state index contributed by atoms with van der Waals surface area (Å²) in [6, 6.07) is 0.0306. The Kier molecular flexibility index (Phi) is 10.2. The van der Waals surface area contributed by atoms with Crippen LogP contribution in [0.5, 0.6) is 0 Å². The van der Waals surface area contributed by atoms with Gasteiger partial charge in [-0.2, -0.15) is 0 Å². The van der Waals surface area contributed by atoms with Crippen LogP contribution in [0.15, 0.2) is 0 Å². The molecular weight excluding hydrogens is 242 g/mol. The van der Waals surface area contributed by atoms with Crippen LogP contribution in [-0.2, 0) is 9.59 Å². The van der Waals surface area contributed by atoms with Gasteiger partial charge in [-0.1, -0.05) is 13.8 Å². The monoisotopic (exact) mass is 271 g/mol. The third kappa shape index (κ3) is 9.47. The van der Waals surface area contributed by atoms with Crippen molar-refractivity contribution in [3.8, 4) is 0 Å². The molecule has 2 atom stereocenters. The summed E-state index contributed by atoms with van der Waals surface area (Å²) in [6.45, 7) is 6.77. The zero-order valence-corrected chi connectivity index (χ0v) is 12.5. The molecule has 0 radical (unpaired) electrons. The van der Waals surface area contributed by atoms with Crippen molar-refractivity contribution >= 4 is 11.8 Å². The molecule has 0 heterocycles. The first kappa shape index (κ1) is 17.9. The van der Waals surface area contributed by atoms with Crippen molar-refractivity contribution in [2.45, 2.75) is 71.4 Å². The van der Waals surface area contributed by atoms with Crippen LogP contribution < -0.4 is 16.4 Å². The Hall–Kier alpha value is -1.10. The van der Waals surface area contributed by atoms with Gasteiger partial charge in [0.1, 0.15) is 0 Å². The molecule has 2 amide bonds. The molecular formula is C14H29N3O2. The molecule has 2 unspecified atom stereocenters. The molecule has 4 N–H and O–H groups in total. The normalized spacial score (nSPS) is 13.8. The Labute approximate surface area is 116 Å². The number of nitrogens with two attached hydrogens (primary N) is 1. The lowest BCUT2D eigenvalue weighted by Gasteiger charge is -2.19. The number of unbranched alkanes of at least 4 members (excludes halogenated alkanes) is 1. The average molecular weight is 271 g/mol. The average Bonchev–Trinajstić information content (AvgIpc) is 2.36. The first-order valence-electron chi connectivity index (χ1n) is 7.33. The Bertz CT molecular complexity index is 269. The van der Waals surface area contributed by atoms with Crippen molar-refractivity contribution in [2.75, 3.05) is 6.54 Å². The molecule has 0 saturated carbocycles. The molecule has 0 spiro atoms. The van der Waals surface area contributed by atoms with Gasteiger partial charge in [-0.25, -0.2) is 0 Å². The van der Waals surface area contributed by atoms with Gasteiger partial charge in [0.2, 0.25) is 11.8 Å². The molecule has 0 aromatic rings. The van der Waals surface area contributed by atoms with E-state index in [1.165, 1.54) is 0 Å². The lowest BCUT2D eigenvalue weighted by molar-refractivity contribution is -0.121. The first-order valence-corrected chi connectivity index (χ1v) is 7.33. The van der Waals surface area contributed by atoms with E-state index in [0.717, 1.165) is 32.1 Å². The molecule has 0 aliphatic heterocycles. The molecule has 5 heteroatoms. The number of rotatable bonds is 11. The molecule has 0 fully saturated rings. The van der Waals surface area contributed by atoms with Gasteiger partial charge in [0.15, 0.2) is 0 Å². The fourth-order valence-electron chi connectivity index (χ4n) is 1.79. The van der Waals surface area contributed by atoms with Crippen molar-refractivity contribution in [3.63, 3.8) is 0 Å². The molecule has 0 aliphatic carbocycles. The van der Waals surface area contributed by atoms with Crippen LogP contribution in [0.4, 0.5) is 0 Å². The summed E-state index contributed by atoms with van der Waals surface area (Å²) in [5.41, 5.74) is 5.37. The van der Waals surface area contributed by atoms with E-state index in [0.29, 0.717) is 19.0 Å². The predicted octanol–water partition coefficient (Wildman–Crippen LogP) is 1.32. The maximum Gasteiger partial charge on any atom is 0.234 e. The predicted molar refractivity (Wildman–Crippen MR) is 77.6 cm³/mol. The van der Waals surface area contributed by atoms with Crippen LogP contribution in [0, 0.1) is 0 Å². The smallest absolute Gasteiger partial charge is 0.234 e. The van der Waals surface area contributed by atoms with E-state index < -0.39 is 0 Å². The van der Waals surface area contributed by atoms with Crippen LogP contribution in [-0.4, -0.2) is 30.4 Å². The molecule has 0 rings (SSSR count). The van der Waals surface area contributed by atoms with Crippen LogP contribution >= 0.6 is 0 Å². The lowest BCUT2D eigenvalue weighted by atomic mass is 10.1. The van der Waals surface area contributed by atoms with Gasteiger partial charge in [0.25, 0.3) is 0 Å². The molecule has 112 valence electrons. The molecule has 0 bridgehead atoms. The summed E-state index contributed by atoms with van der Waals surface area (Å²) in [6.07, 6.45) is 4.90. The Balaban J connectivity index is 3.76. The highest BCUT2D eigenvalue weighted by molar-refractivity contribution is 5.79. The molecule has 5 nitrogen and oxygen atoms in total. The maximum absolute atomic E-state index is 11.3. The minimum atomic E-state index is -0.296. The van der Waals surface area contributed by atoms with Crippen molar-refractivity contribution in [1.82, 2.24) is 10.6 Å². The standard InChI is InChI=1S/C14H29N3O2/c1-4-8-13(18)16-10-7-6-9-12(14(15)19)17-11(3)5-2/h11-12,17H,4-10H2,1-3H3,(H2,15,19)(H,16,18). The van der Waals surface area contributed by atoms with Crippen LogP contribution in [0.3, 0.4) is 0 Å². The highest BCUT2D eigenvalue weighted by Crippen LogP contribution is 2.03. The number of carbonyl (C=O) groups is 2. The van der Waals surface area contributed by atoms with Crippen LogP contribution in [0.1, 0.15) is 59.3 Å². The van der Waals surface area contributed by atoms with Crippen molar-refractivity contribution in [1.29, 1.82) is 0 Å². The zero-order chi connectivity index (χ0) is 14.7. The van der Waals surface area contributed by atoms with E-state index in [-0.39, 0.29) is 17.9 Å². The molecule has 0 aromatic heterocycles. The second-order valence-electron chi connectivity index (χ2n) is 5.03. The number of hydrogen-bond donors (Lipinski definition) is 3. The van der Waals surface area contributed by atoms with Crippen molar-refractivity contribution < 1.29 is 9.59 Å². The van der Waals surface area contributed by atoms with Gasteiger partial charge < -0.3 is 16.4 Å². The van der Waals surface area contributed by atoms with Gasteiger partial charge in [0, 0.05) is 19.0 Å². The number of hydrogen-bond acceptors (Lipinski definition) is 3. The summed E-state index contributed by atoms with van der Waals surface area (Å²) in [5, 5.41) is 6.09. The molecule has 0 saturated heterocycles. The van der Waals surface area contributed by atoms with Gasteiger partial charge in [-0.3, -0.25) is 9.59 Å². The third-order valence-electron chi connectivity index (χ3n) is 3.16. The van der Waals surface area contributed by atoms with E-state index in [1.807, 2.05) is 13.8 Å². The summed E-state index contributed by atoms with van der Waals surface area (Å²) in [4.78, 5) is 22.5. The molecule has 0 aromatic carbocycles. The van der Waals surface area contributed by atoms with Crippen molar-refractivity contribution in [3.05, 3.63) is 0 Å². The van der Waals surface area contributed by atoms with E-state index in [9.17, 15) is 9.59 Å². The highest BCUT2D eigenvalue weighted by Gasteiger charge is 2.16. The zero-order valence-electron chi connectivity index (χ0n) is 12.5. The largest absolute Gasteiger partial charge is 0.368 e. The van der Waals surface area contributed by atoms with E-state index in [2.05, 4.69) is 17.6 Å². The summed E-state index contributed by atoms with van der Waals surface area (Å²) in [7, 11) is 0. The van der Waals surface area contributed by atoms with E-state index in [4.69, 9.17) is 5.73 Å². The van der Waals surface area contributed by atoms with Gasteiger partial charge in [-0.15, -0.1) is 0 Å². The lowest BCUT2D eigenvalue weighted by Crippen LogP contribution is -2.45. The third-order valence-corrected chi connectivity index (χ3v) is 3.16. The van der Waals surface area contributed by atoms with E-state index in [1.54, 1.807) is 0 Å². The Morgan fingerprint density at radius 3 is 2.42 bits per heavy atom. The SMILES string of the molecule is CCCC(=O)NCCCCC(NC(C)CC)C(N)=O. The van der Waals surface area contributed by atoms with Gasteiger partial charge in [-0.05, 0) is 39.0 Å². The van der Waals surface area contributed by atoms with Gasteiger partial charge >= 0.3 is 0 Å². The number of primary amides is 1. The highest BCUT2D eigenvalue weighted by atomic mass is 16.2. The second kappa shape index (κ2) is 10.8. The minimum absolute atomic E-state index is 0.103. The van der Waals surface area contributed by atoms with Crippen LogP contribution in [0.2, 0.25) is 0 Å². The second-order valence-corrected chi connectivity index (χ2v) is 5.03. The van der Waals surface area contributed by atoms with E-state index >= 15 is 0 Å². The van der Waals surface area contributed by atoms with Gasteiger partial charge in [0.05, 0.1) is 6.04 Å². The fraction of sp³-hybridized carbons (Fsp3) is 0.857. The maximum atomic E-state index is 11.3. The Morgan fingerprint density at radius 1 is 1.21 bits per heavy atom. The van der Waals surface area contributed by atoms with Crippen molar-refractivity contribution in [2.24, 2.45) is 5.73 Å². The minimum Gasteiger partial charge on any atom is -0.368 e. The summed E-state index contributed by atoms with van der Waals surface area (Å²) >= 11 is 0. The van der Waals surface area contributed by atoms with Crippen LogP contribution in [0.25, 0.3) is 0 Å².